The first-order chi connectivity index (χ1) is 14.5. The highest BCUT2D eigenvalue weighted by Crippen LogP contribution is 2.64. The van der Waals surface area contributed by atoms with Crippen molar-refractivity contribution in [2.45, 2.75) is 66.7 Å². The molecular formula is C17H20F6O8S. The van der Waals surface area contributed by atoms with Crippen LogP contribution in [0.2, 0.25) is 0 Å². The van der Waals surface area contributed by atoms with Crippen molar-refractivity contribution in [3.63, 3.8) is 0 Å². The fourth-order valence-electron chi connectivity index (χ4n) is 6.11. The van der Waals surface area contributed by atoms with E-state index in [2.05, 4.69) is 0 Å². The van der Waals surface area contributed by atoms with E-state index >= 15 is 0 Å². The first kappa shape index (κ1) is 24.0. The van der Waals surface area contributed by atoms with Crippen LogP contribution in [0.3, 0.4) is 0 Å². The van der Waals surface area contributed by atoms with E-state index < -0.39 is 62.5 Å². The van der Waals surface area contributed by atoms with Crippen LogP contribution in [-0.2, 0) is 29.1 Å². The molecule has 1 aliphatic heterocycles. The molecule has 0 aromatic carbocycles. The average Bonchev–Trinajstić information content (AvgIpc) is 3.00. The lowest BCUT2D eigenvalue weighted by atomic mass is 9.51. The van der Waals surface area contributed by atoms with E-state index in [9.17, 15) is 44.7 Å². The van der Waals surface area contributed by atoms with Crippen molar-refractivity contribution in [1.82, 2.24) is 0 Å². The molecule has 5 fully saturated rings. The molecule has 4 saturated carbocycles. The van der Waals surface area contributed by atoms with Gasteiger partial charge in [0.15, 0.2) is 5.79 Å². The van der Waals surface area contributed by atoms with Crippen LogP contribution < -0.4 is 0 Å². The number of hydrogen-bond acceptors (Lipinski definition) is 7. The SMILES string of the molecule is O=C(OC12CC3CC(C1)C1(OCC(CO)O1)C(C3)C2)C(C(F)(F)F)(C(F)(F)F)S(=O)(=O)O. The predicted octanol–water partition coefficient (Wildman–Crippen LogP) is 1.96. The molecule has 1 saturated heterocycles. The van der Waals surface area contributed by atoms with Crippen molar-refractivity contribution >= 4 is 16.1 Å². The maximum Gasteiger partial charge on any atom is 0.430 e. The summed E-state index contributed by atoms with van der Waals surface area (Å²) in [6.07, 6.45) is -13.7. The maximum absolute atomic E-state index is 13.5. The van der Waals surface area contributed by atoms with Crippen LogP contribution in [-0.4, -0.2) is 71.9 Å². The third kappa shape index (κ3) is 3.11. The zero-order valence-electron chi connectivity index (χ0n) is 16.3. The quantitative estimate of drug-likeness (QED) is 0.343. The van der Waals surface area contributed by atoms with Crippen molar-refractivity contribution in [2.75, 3.05) is 13.2 Å². The minimum Gasteiger partial charge on any atom is -0.457 e. The number of hydrogen-bond donors (Lipinski definition) is 2. The minimum atomic E-state index is -7.06. The van der Waals surface area contributed by atoms with Gasteiger partial charge in [-0.3, -0.25) is 4.55 Å². The van der Waals surface area contributed by atoms with Gasteiger partial charge in [-0.15, -0.1) is 0 Å². The van der Waals surface area contributed by atoms with Crippen molar-refractivity contribution in [2.24, 2.45) is 17.8 Å². The number of ether oxygens (including phenoxy) is 3. The van der Waals surface area contributed by atoms with Crippen LogP contribution in [0.1, 0.15) is 32.1 Å². The zero-order chi connectivity index (χ0) is 24.0. The number of esters is 1. The van der Waals surface area contributed by atoms with E-state index in [0.717, 1.165) is 0 Å². The first-order valence-electron chi connectivity index (χ1n) is 9.78. The molecule has 0 aromatic heterocycles. The van der Waals surface area contributed by atoms with Gasteiger partial charge in [0.2, 0.25) is 0 Å². The molecule has 1 spiro atoms. The molecule has 4 bridgehead atoms. The third-order valence-electron chi connectivity index (χ3n) is 7.10. The Morgan fingerprint density at radius 3 is 1.97 bits per heavy atom. The second-order valence-corrected chi connectivity index (χ2v) is 10.6. The van der Waals surface area contributed by atoms with Gasteiger partial charge >= 0.3 is 33.2 Å². The highest BCUT2D eigenvalue weighted by atomic mass is 32.2. The molecule has 0 aromatic rings. The van der Waals surface area contributed by atoms with Gasteiger partial charge in [0.05, 0.1) is 13.2 Å². The smallest absolute Gasteiger partial charge is 0.430 e. The largest absolute Gasteiger partial charge is 0.457 e. The van der Waals surface area contributed by atoms with Crippen LogP contribution in [0.5, 0.6) is 0 Å². The molecule has 5 aliphatic rings. The molecule has 1 heterocycles. The van der Waals surface area contributed by atoms with E-state index in [0.29, 0.717) is 12.8 Å². The molecule has 15 heteroatoms. The van der Waals surface area contributed by atoms with Gasteiger partial charge in [0.1, 0.15) is 11.7 Å². The Bertz CT molecular complexity index is 870. The first-order valence-corrected chi connectivity index (χ1v) is 11.2. The van der Waals surface area contributed by atoms with Gasteiger partial charge in [0.25, 0.3) is 0 Å². The summed E-state index contributed by atoms with van der Waals surface area (Å²) in [5.74, 6) is -5.64. The molecular weight excluding hydrogens is 478 g/mol. The third-order valence-corrected chi connectivity index (χ3v) is 8.51. The summed E-state index contributed by atoms with van der Waals surface area (Å²) in [5, 5.41) is 9.32. The van der Waals surface area contributed by atoms with Crippen LogP contribution in [0.4, 0.5) is 26.3 Å². The summed E-state index contributed by atoms with van der Waals surface area (Å²) < 4.78 is 123. The highest BCUT2D eigenvalue weighted by molar-refractivity contribution is 7.88. The molecule has 5 rings (SSSR count). The Morgan fingerprint density at radius 1 is 1.03 bits per heavy atom. The lowest BCUT2D eigenvalue weighted by Gasteiger charge is -2.62. The van der Waals surface area contributed by atoms with Crippen LogP contribution in [0.25, 0.3) is 0 Å². The Kier molecular flexibility index (Phi) is 5.19. The summed E-state index contributed by atoms with van der Waals surface area (Å²) in [6, 6.07) is 0. The molecule has 0 amide bonds. The van der Waals surface area contributed by atoms with E-state index in [4.69, 9.17) is 18.8 Å². The molecule has 184 valence electrons. The van der Waals surface area contributed by atoms with Crippen molar-refractivity contribution < 1.29 is 63.4 Å². The van der Waals surface area contributed by atoms with Gasteiger partial charge in [-0.2, -0.15) is 34.8 Å². The zero-order valence-corrected chi connectivity index (χ0v) is 17.1. The highest BCUT2D eigenvalue weighted by Gasteiger charge is 2.85. The van der Waals surface area contributed by atoms with Crippen molar-refractivity contribution in [3.8, 4) is 0 Å². The Labute approximate surface area is 177 Å². The number of rotatable bonds is 4. The molecule has 3 unspecified atom stereocenters. The Morgan fingerprint density at radius 2 is 1.56 bits per heavy atom. The molecule has 8 nitrogen and oxygen atoms in total. The van der Waals surface area contributed by atoms with Crippen LogP contribution in [0.15, 0.2) is 0 Å². The fourth-order valence-corrected chi connectivity index (χ4v) is 6.95. The number of aliphatic hydroxyl groups excluding tert-OH is 1. The number of carbonyl (C=O) groups excluding carboxylic acids is 1. The second-order valence-electron chi connectivity index (χ2n) is 9.02. The monoisotopic (exact) mass is 498 g/mol. The number of alkyl halides is 6. The molecule has 3 atom stereocenters. The summed E-state index contributed by atoms with van der Waals surface area (Å²) in [7, 11) is -7.06. The molecule has 0 radical (unpaired) electrons. The van der Waals surface area contributed by atoms with Gasteiger partial charge in [0, 0.05) is 11.8 Å². The molecule has 32 heavy (non-hydrogen) atoms. The second kappa shape index (κ2) is 6.93. The van der Waals surface area contributed by atoms with E-state index in [1.165, 1.54) is 0 Å². The average molecular weight is 498 g/mol. The topological polar surface area (TPSA) is 119 Å². The van der Waals surface area contributed by atoms with Gasteiger partial charge < -0.3 is 19.3 Å². The van der Waals surface area contributed by atoms with E-state index in [1.807, 2.05) is 0 Å². The number of carbonyl (C=O) groups is 1. The minimum absolute atomic E-state index is 0.0506. The summed E-state index contributed by atoms with van der Waals surface area (Å²) in [4.78, 5) is 12.4. The summed E-state index contributed by atoms with van der Waals surface area (Å²) in [5.41, 5.74) is -1.80. The van der Waals surface area contributed by atoms with Gasteiger partial charge in [-0.05, 0) is 38.0 Å². The summed E-state index contributed by atoms with van der Waals surface area (Å²) in [6.45, 7) is -0.298. The lowest BCUT2D eigenvalue weighted by molar-refractivity contribution is -0.325. The summed E-state index contributed by atoms with van der Waals surface area (Å²) >= 11 is 0. The predicted molar refractivity (Wildman–Crippen MR) is 89.4 cm³/mol. The normalized spacial score (nSPS) is 39.6. The van der Waals surface area contributed by atoms with E-state index in [-0.39, 0.29) is 38.4 Å². The van der Waals surface area contributed by atoms with Gasteiger partial charge in [-0.1, -0.05) is 0 Å². The number of halogens is 6. The van der Waals surface area contributed by atoms with Crippen LogP contribution >= 0.6 is 0 Å². The maximum atomic E-state index is 13.5. The van der Waals surface area contributed by atoms with Gasteiger partial charge in [-0.25, -0.2) is 4.79 Å². The Balaban J connectivity index is 1.68. The fraction of sp³-hybridized carbons (Fsp3) is 0.941. The lowest BCUT2D eigenvalue weighted by Crippen LogP contribution is -2.70. The number of aliphatic hydroxyl groups is 1. The Hall–Kier alpha value is -1.16. The molecule has 2 N–H and O–H groups in total. The van der Waals surface area contributed by atoms with E-state index in [1.54, 1.807) is 0 Å². The van der Waals surface area contributed by atoms with Crippen molar-refractivity contribution in [3.05, 3.63) is 0 Å². The molecule has 4 aliphatic carbocycles. The van der Waals surface area contributed by atoms with Crippen LogP contribution in [0, 0.1) is 17.8 Å². The standard InChI is InChI=1S/C17H20F6O8S/c18-16(19,20)15(17(21,22)23,32(26,27)28)12(25)31-13-3-8-1-9(4-13)14(10(2-8)5-13)29-7-11(6-24)30-14/h8-11,24H,1-7H2,(H,26,27,28). The van der Waals surface area contributed by atoms with Crippen molar-refractivity contribution in [1.29, 1.82) is 0 Å².